The average molecular weight is 1300 g/mol. The zero-order valence-electron chi connectivity index (χ0n) is 60.2. The molecule has 0 aromatic rings. The number of carbonyl (C=O) groups is 1. The number of aliphatic hydroxyl groups excluding tert-OH is 5. The smallest absolute Gasteiger partial charge is 0.220 e. The van der Waals surface area contributed by atoms with Crippen LogP contribution in [0, 0.1) is 0 Å². The van der Waals surface area contributed by atoms with Crippen LogP contribution in [0.25, 0.3) is 0 Å². The monoisotopic (exact) mass is 1300 g/mol. The van der Waals surface area contributed by atoms with Crippen molar-refractivity contribution in [3.8, 4) is 0 Å². The van der Waals surface area contributed by atoms with E-state index < -0.39 is 49.5 Å². The zero-order chi connectivity index (χ0) is 67.1. The van der Waals surface area contributed by atoms with Gasteiger partial charge in [0.05, 0.1) is 25.4 Å². The molecule has 0 aromatic heterocycles. The highest BCUT2D eigenvalue weighted by Crippen LogP contribution is 2.23. The van der Waals surface area contributed by atoms with E-state index in [4.69, 9.17) is 9.47 Å². The van der Waals surface area contributed by atoms with Crippen molar-refractivity contribution >= 4 is 5.91 Å². The molecule has 9 heteroatoms. The molecule has 7 atom stereocenters. The van der Waals surface area contributed by atoms with Crippen LogP contribution in [0.15, 0.2) is 122 Å². The standard InChI is InChI=1S/C84H147NO8/c1-3-5-7-9-11-13-15-17-19-21-23-25-27-29-31-33-34-35-36-37-38-39-40-41-42-43-44-46-48-50-52-54-56-58-60-62-64-66-68-70-72-74-80(88)85-77(76-92-84-83(91)82(90)81(89)79(75-86)93-84)78(87)73-71-69-67-65-63-61-59-57-55-53-51-49-47-45-32-30-28-26-24-22-20-18-16-14-12-10-8-6-4-2/h5,7,11,13,17,19,23,25,29,31,34-35,37-38,40-41,63,65,71,73,77-79,81-84,86-87,89-91H,3-4,6,8-10,12,14-16,18,20-22,24,26-28,30,32-33,36,39,42-62,64,66-70,72,74-76H2,1-2H3,(H,85,88)/b7-5-,13-11-,19-17-,25-23-,31-29-,35-34-,38-37-,41-40-,65-63+,73-71+. The van der Waals surface area contributed by atoms with Crippen LogP contribution in [0.3, 0.4) is 0 Å². The van der Waals surface area contributed by atoms with Crippen LogP contribution in [-0.2, 0) is 14.3 Å². The Hall–Kier alpha value is -3.41. The van der Waals surface area contributed by atoms with Crippen LogP contribution in [0.4, 0.5) is 0 Å². The summed E-state index contributed by atoms with van der Waals surface area (Å²) in [7, 11) is 0. The third kappa shape index (κ3) is 59.6. The fourth-order valence-corrected chi connectivity index (χ4v) is 12.0. The Balaban J connectivity index is 2.10. The quantitative estimate of drug-likeness (QED) is 0.0261. The molecule has 0 spiro atoms. The number of amides is 1. The van der Waals surface area contributed by atoms with Gasteiger partial charge in [0.2, 0.25) is 5.91 Å². The van der Waals surface area contributed by atoms with Gasteiger partial charge in [-0.1, -0.05) is 367 Å². The number of carbonyl (C=O) groups excluding carboxylic acids is 1. The third-order valence-electron chi connectivity index (χ3n) is 18.0. The summed E-state index contributed by atoms with van der Waals surface area (Å²) in [4.78, 5) is 13.2. The van der Waals surface area contributed by atoms with Crippen molar-refractivity contribution in [3.05, 3.63) is 122 Å². The minimum atomic E-state index is -1.58. The van der Waals surface area contributed by atoms with Gasteiger partial charge in [-0.3, -0.25) is 4.79 Å². The van der Waals surface area contributed by atoms with Crippen LogP contribution >= 0.6 is 0 Å². The van der Waals surface area contributed by atoms with Crippen molar-refractivity contribution in [2.75, 3.05) is 13.2 Å². The van der Waals surface area contributed by atoms with E-state index in [9.17, 15) is 30.3 Å². The summed E-state index contributed by atoms with van der Waals surface area (Å²) >= 11 is 0. The van der Waals surface area contributed by atoms with Crippen molar-refractivity contribution in [1.82, 2.24) is 5.32 Å². The Kier molecular flexibility index (Phi) is 67.2. The SMILES string of the molecule is CC/C=C\C/C=C\C/C=C\C/C=C\C/C=C\C/C=C\C/C=C\C/C=C\CCCCCCCCCCCCCCCCCCC(=O)NC(COC1OC(CO)C(O)C(O)C1O)C(O)/C=C/CC/C=C/CCCCCCCCCCCCCCCCCCCCCCCCC. The van der Waals surface area contributed by atoms with Gasteiger partial charge in [0, 0.05) is 6.42 Å². The van der Waals surface area contributed by atoms with Gasteiger partial charge in [-0.15, -0.1) is 0 Å². The molecule has 1 rings (SSSR count). The molecule has 93 heavy (non-hydrogen) atoms. The zero-order valence-corrected chi connectivity index (χ0v) is 60.2. The van der Waals surface area contributed by atoms with E-state index in [1.165, 1.54) is 238 Å². The largest absolute Gasteiger partial charge is 0.394 e. The van der Waals surface area contributed by atoms with Crippen molar-refractivity contribution in [1.29, 1.82) is 0 Å². The first kappa shape index (κ1) is 87.6. The van der Waals surface area contributed by atoms with E-state index in [-0.39, 0.29) is 12.5 Å². The first-order valence-electron chi connectivity index (χ1n) is 39.3. The van der Waals surface area contributed by atoms with Gasteiger partial charge in [0.15, 0.2) is 6.29 Å². The molecule has 536 valence electrons. The van der Waals surface area contributed by atoms with E-state index in [0.29, 0.717) is 6.42 Å². The molecule has 1 fully saturated rings. The van der Waals surface area contributed by atoms with E-state index in [1.807, 2.05) is 6.08 Å². The number of allylic oxidation sites excluding steroid dienone is 19. The van der Waals surface area contributed by atoms with Gasteiger partial charge >= 0.3 is 0 Å². The highest BCUT2D eigenvalue weighted by atomic mass is 16.7. The van der Waals surface area contributed by atoms with Gasteiger partial charge in [-0.2, -0.15) is 0 Å². The fraction of sp³-hybridized carbons (Fsp3) is 0.750. The van der Waals surface area contributed by atoms with E-state index in [2.05, 4.69) is 129 Å². The van der Waals surface area contributed by atoms with E-state index >= 15 is 0 Å². The second kappa shape index (κ2) is 71.4. The number of hydrogen-bond donors (Lipinski definition) is 6. The van der Waals surface area contributed by atoms with Gasteiger partial charge in [0.25, 0.3) is 0 Å². The molecule has 1 saturated heterocycles. The molecule has 1 heterocycles. The Morgan fingerprint density at radius 1 is 0.376 bits per heavy atom. The molecule has 0 aliphatic carbocycles. The number of nitrogens with one attached hydrogen (secondary N) is 1. The highest BCUT2D eigenvalue weighted by molar-refractivity contribution is 5.76. The van der Waals surface area contributed by atoms with E-state index in [0.717, 1.165) is 89.9 Å². The Labute approximate surface area is 573 Å². The predicted molar refractivity (Wildman–Crippen MR) is 400 cm³/mol. The number of unbranched alkanes of at least 4 members (excludes halogenated alkanes) is 40. The molecule has 6 N–H and O–H groups in total. The second-order valence-electron chi connectivity index (χ2n) is 26.8. The topological polar surface area (TPSA) is 149 Å². The summed E-state index contributed by atoms with van der Waals surface area (Å²) in [5.74, 6) is -0.186. The fourth-order valence-electron chi connectivity index (χ4n) is 12.0. The van der Waals surface area contributed by atoms with Crippen LogP contribution in [0.1, 0.15) is 348 Å². The summed E-state index contributed by atoms with van der Waals surface area (Å²) in [6, 6.07) is -0.830. The number of hydrogen-bond acceptors (Lipinski definition) is 8. The minimum Gasteiger partial charge on any atom is -0.394 e. The molecule has 1 amide bonds. The van der Waals surface area contributed by atoms with Crippen LogP contribution in [0.2, 0.25) is 0 Å². The first-order valence-corrected chi connectivity index (χ1v) is 39.3. The van der Waals surface area contributed by atoms with Crippen molar-refractivity contribution in [2.24, 2.45) is 0 Å². The summed E-state index contributed by atoms with van der Waals surface area (Å²) in [5, 5.41) is 54.9. The average Bonchev–Trinajstić information content (AvgIpc) is 1.00. The molecule has 9 nitrogen and oxygen atoms in total. The normalized spacial score (nSPS) is 18.3. The maximum Gasteiger partial charge on any atom is 0.220 e. The number of rotatable bonds is 68. The summed E-state index contributed by atoms with van der Waals surface area (Å²) in [6.07, 6.45) is 100. The van der Waals surface area contributed by atoms with Crippen LogP contribution < -0.4 is 5.32 Å². The van der Waals surface area contributed by atoms with Crippen molar-refractivity contribution < 1.29 is 39.8 Å². The molecule has 0 aromatic carbocycles. The van der Waals surface area contributed by atoms with Gasteiger partial charge < -0.3 is 40.3 Å². The molecule has 0 bridgehead atoms. The Morgan fingerprint density at radius 3 is 1.03 bits per heavy atom. The van der Waals surface area contributed by atoms with Crippen molar-refractivity contribution in [3.63, 3.8) is 0 Å². The van der Waals surface area contributed by atoms with Crippen LogP contribution in [0.5, 0.6) is 0 Å². The molecule has 0 saturated carbocycles. The first-order chi connectivity index (χ1) is 45.8. The summed E-state index contributed by atoms with van der Waals surface area (Å²) < 4.78 is 11.3. The van der Waals surface area contributed by atoms with Gasteiger partial charge in [0.1, 0.15) is 24.4 Å². The van der Waals surface area contributed by atoms with Crippen LogP contribution in [-0.4, -0.2) is 87.5 Å². The lowest BCUT2D eigenvalue weighted by molar-refractivity contribution is -0.302. The summed E-state index contributed by atoms with van der Waals surface area (Å²) in [5.41, 5.74) is 0. The van der Waals surface area contributed by atoms with Gasteiger partial charge in [-0.25, -0.2) is 0 Å². The molecular formula is C84H147NO8. The second-order valence-corrected chi connectivity index (χ2v) is 26.8. The minimum absolute atomic E-state index is 0.186. The Morgan fingerprint density at radius 2 is 0.677 bits per heavy atom. The molecule has 1 aliphatic heterocycles. The predicted octanol–water partition coefficient (Wildman–Crippen LogP) is 22.5. The Bertz CT molecular complexity index is 1890. The summed E-state index contributed by atoms with van der Waals surface area (Å²) in [6.45, 7) is 3.69. The highest BCUT2D eigenvalue weighted by Gasteiger charge is 2.44. The number of aliphatic hydroxyl groups is 5. The maximum absolute atomic E-state index is 13.2. The lowest BCUT2D eigenvalue weighted by Crippen LogP contribution is -2.60. The van der Waals surface area contributed by atoms with E-state index in [1.54, 1.807) is 6.08 Å². The molecule has 0 radical (unpaired) electrons. The molecule has 7 unspecified atom stereocenters. The third-order valence-corrected chi connectivity index (χ3v) is 18.0. The lowest BCUT2D eigenvalue weighted by atomic mass is 9.99. The lowest BCUT2D eigenvalue weighted by Gasteiger charge is -2.40. The number of ether oxygens (including phenoxy) is 2. The maximum atomic E-state index is 13.2. The van der Waals surface area contributed by atoms with Crippen molar-refractivity contribution in [2.45, 2.75) is 391 Å². The molecule has 1 aliphatic rings. The van der Waals surface area contributed by atoms with Gasteiger partial charge in [-0.05, 0) is 96.3 Å². The molecular weight excluding hydrogens is 1150 g/mol.